The van der Waals surface area contributed by atoms with Crippen molar-refractivity contribution in [1.82, 2.24) is 4.31 Å². The van der Waals surface area contributed by atoms with Crippen molar-refractivity contribution in [1.29, 1.82) is 0 Å². The van der Waals surface area contributed by atoms with Crippen molar-refractivity contribution < 1.29 is 17.9 Å². The lowest BCUT2D eigenvalue weighted by molar-refractivity contribution is 0.351. The summed E-state index contributed by atoms with van der Waals surface area (Å²) in [5.41, 5.74) is 3.48. The topological polar surface area (TPSA) is 55.8 Å². The van der Waals surface area contributed by atoms with Gasteiger partial charge in [-0.3, -0.25) is 0 Å². The van der Waals surface area contributed by atoms with E-state index in [1.54, 1.807) is 13.1 Å². The Morgan fingerprint density at radius 3 is 2.77 bits per heavy atom. The van der Waals surface area contributed by atoms with Gasteiger partial charge in [0.25, 0.3) is 10.0 Å². The van der Waals surface area contributed by atoms with Crippen LogP contribution in [-0.4, -0.2) is 39.5 Å². The molecule has 3 heterocycles. The second-order valence-electron chi connectivity index (χ2n) is 6.67. The highest BCUT2D eigenvalue weighted by molar-refractivity contribution is 7.91. The first kappa shape index (κ1) is 17.8. The van der Waals surface area contributed by atoms with E-state index in [1.807, 2.05) is 13.0 Å². The molecule has 0 N–H and O–H groups in total. The molecule has 1 aromatic heterocycles. The summed E-state index contributed by atoms with van der Waals surface area (Å²) in [4.78, 5) is 1.08. The second-order valence-corrected chi connectivity index (χ2v) is 10.1. The number of benzene rings is 1. The zero-order valence-electron chi connectivity index (χ0n) is 15.1. The lowest BCUT2D eigenvalue weighted by Gasteiger charge is -2.18. The minimum atomic E-state index is -3.45. The van der Waals surface area contributed by atoms with Crippen molar-refractivity contribution >= 4 is 21.4 Å². The van der Waals surface area contributed by atoms with Crippen LogP contribution in [0.4, 0.5) is 0 Å². The maximum absolute atomic E-state index is 12.8. The average Bonchev–Trinajstić information content (AvgIpc) is 3.37. The molecule has 0 unspecified atom stereocenters. The van der Waals surface area contributed by atoms with Crippen LogP contribution in [0.15, 0.2) is 22.4 Å². The molecule has 2 aliphatic rings. The van der Waals surface area contributed by atoms with E-state index in [1.165, 1.54) is 26.8 Å². The summed E-state index contributed by atoms with van der Waals surface area (Å²) in [5.74, 6) is 1.89. The zero-order valence-corrected chi connectivity index (χ0v) is 16.7. The Morgan fingerprint density at radius 2 is 2.00 bits per heavy atom. The Bertz CT molecular complexity index is 901. The Kier molecular flexibility index (Phi) is 4.71. The van der Waals surface area contributed by atoms with Crippen LogP contribution in [0.2, 0.25) is 0 Å². The van der Waals surface area contributed by atoms with Gasteiger partial charge in [-0.05, 0) is 31.0 Å². The van der Waals surface area contributed by atoms with E-state index in [-0.39, 0.29) is 0 Å². The standard InChI is InChI=1S/C19H23NO4S2/c1-3-14-4-5-18(25-14)26(21,22)20(2)9-6-16-15-8-11-23-17(15)12-13-7-10-24-19(13)16/h4-5,12H,3,6-11H2,1-2H3. The van der Waals surface area contributed by atoms with Gasteiger partial charge >= 0.3 is 0 Å². The monoisotopic (exact) mass is 393 g/mol. The average molecular weight is 394 g/mol. The fourth-order valence-corrected chi connectivity index (χ4v) is 6.26. The molecule has 0 amide bonds. The SMILES string of the molecule is CCc1ccc(S(=O)(=O)N(C)CCc2c3c(cc4c2OCC4)OCC3)s1. The summed E-state index contributed by atoms with van der Waals surface area (Å²) < 4.78 is 39.1. The quantitative estimate of drug-likeness (QED) is 0.757. The van der Waals surface area contributed by atoms with E-state index in [0.29, 0.717) is 30.4 Å². The number of aryl methyl sites for hydroxylation is 1. The summed E-state index contributed by atoms with van der Waals surface area (Å²) >= 11 is 1.36. The number of hydrogen-bond acceptors (Lipinski definition) is 5. The number of ether oxygens (including phenoxy) is 2. The van der Waals surface area contributed by atoms with Crippen molar-refractivity contribution in [3.05, 3.63) is 39.8 Å². The molecule has 0 aliphatic carbocycles. The van der Waals surface area contributed by atoms with E-state index < -0.39 is 10.0 Å². The molecule has 0 saturated carbocycles. The first-order valence-electron chi connectivity index (χ1n) is 8.99. The molecule has 1 aromatic carbocycles. The maximum Gasteiger partial charge on any atom is 0.252 e. The highest BCUT2D eigenvalue weighted by Crippen LogP contribution is 2.41. The summed E-state index contributed by atoms with van der Waals surface area (Å²) in [7, 11) is -1.79. The smallest absolute Gasteiger partial charge is 0.252 e. The first-order chi connectivity index (χ1) is 12.5. The molecule has 0 spiro atoms. The minimum absolute atomic E-state index is 0.417. The van der Waals surface area contributed by atoms with Crippen LogP contribution in [-0.2, 0) is 35.7 Å². The van der Waals surface area contributed by atoms with Gasteiger partial charge in [-0.25, -0.2) is 8.42 Å². The predicted octanol–water partition coefficient (Wildman–Crippen LogP) is 3.04. The molecule has 2 aromatic rings. The van der Waals surface area contributed by atoms with Crippen LogP contribution in [0.1, 0.15) is 28.5 Å². The van der Waals surface area contributed by atoms with Crippen LogP contribution in [0, 0.1) is 0 Å². The fourth-order valence-electron chi connectivity index (χ4n) is 3.58. The fraction of sp³-hybridized carbons (Fsp3) is 0.474. The molecule has 2 aliphatic heterocycles. The predicted molar refractivity (Wildman–Crippen MR) is 102 cm³/mol. The third-order valence-electron chi connectivity index (χ3n) is 5.09. The number of likely N-dealkylation sites (N-methyl/N-ethyl adjacent to an activating group) is 1. The largest absolute Gasteiger partial charge is 0.493 e. The third-order valence-corrected chi connectivity index (χ3v) is 8.64. The van der Waals surface area contributed by atoms with Gasteiger partial charge in [0.15, 0.2) is 0 Å². The molecule has 0 atom stereocenters. The normalized spacial score (nSPS) is 15.7. The molecule has 26 heavy (non-hydrogen) atoms. The summed E-state index contributed by atoms with van der Waals surface area (Å²) in [5, 5.41) is 0. The van der Waals surface area contributed by atoms with Crippen molar-refractivity contribution in [3.63, 3.8) is 0 Å². The minimum Gasteiger partial charge on any atom is -0.493 e. The molecular weight excluding hydrogens is 370 g/mol. The summed E-state index contributed by atoms with van der Waals surface area (Å²) in [6.07, 6.45) is 3.24. The lowest BCUT2D eigenvalue weighted by atomic mass is 9.97. The van der Waals surface area contributed by atoms with Crippen LogP contribution in [0.25, 0.3) is 0 Å². The van der Waals surface area contributed by atoms with Gasteiger partial charge in [-0.1, -0.05) is 6.92 Å². The Hall–Kier alpha value is -1.57. The number of hydrogen-bond donors (Lipinski definition) is 0. The van der Waals surface area contributed by atoms with E-state index in [4.69, 9.17) is 9.47 Å². The zero-order chi connectivity index (χ0) is 18.3. The van der Waals surface area contributed by atoms with Crippen LogP contribution >= 0.6 is 11.3 Å². The van der Waals surface area contributed by atoms with Crippen LogP contribution in [0.3, 0.4) is 0 Å². The van der Waals surface area contributed by atoms with Gasteiger partial charge in [0, 0.05) is 48.0 Å². The Labute approximate surface area is 158 Å². The maximum atomic E-state index is 12.8. The number of fused-ring (bicyclic) bond motifs is 2. The molecule has 140 valence electrons. The summed E-state index contributed by atoms with van der Waals surface area (Å²) in [6, 6.07) is 5.70. The molecule has 5 nitrogen and oxygen atoms in total. The number of thiophene rings is 1. The number of sulfonamides is 1. The van der Waals surface area contributed by atoms with Gasteiger partial charge in [-0.2, -0.15) is 4.31 Å². The van der Waals surface area contributed by atoms with E-state index >= 15 is 0 Å². The van der Waals surface area contributed by atoms with Gasteiger partial charge in [0.2, 0.25) is 0 Å². The summed E-state index contributed by atoms with van der Waals surface area (Å²) in [6.45, 7) is 3.83. The molecule has 0 bridgehead atoms. The van der Waals surface area contributed by atoms with Crippen molar-refractivity contribution in [2.45, 2.75) is 36.8 Å². The molecule has 7 heteroatoms. The molecule has 0 saturated heterocycles. The van der Waals surface area contributed by atoms with E-state index in [0.717, 1.165) is 41.2 Å². The second kappa shape index (κ2) is 6.87. The van der Waals surface area contributed by atoms with Gasteiger partial charge in [-0.15, -0.1) is 11.3 Å². The Morgan fingerprint density at radius 1 is 1.19 bits per heavy atom. The van der Waals surface area contributed by atoms with E-state index in [2.05, 4.69) is 6.07 Å². The highest BCUT2D eigenvalue weighted by atomic mass is 32.2. The Balaban J connectivity index is 1.56. The van der Waals surface area contributed by atoms with Crippen LogP contribution < -0.4 is 9.47 Å². The van der Waals surface area contributed by atoms with Gasteiger partial charge in [0.05, 0.1) is 13.2 Å². The van der Waals surface area contributed by atoms with Gasteiger partial charge < -0.3 is 9.47 Å². The first-order valence-corrected chi connectivity index (χ1v) is 11.2. The molecule has 0 fully saturated rings. The molecule has 4 rings (SSSR count). The number of nitrogens with zero attached hydrogens (tertiary/aromatic N) is 1. The molecular formula is C19H23NO4S2. The highest BCUT2D eigenvalue weighted by Gasteiger charge is 2.28. The third kappa shape index (κ3) is 3.02. The van der Waals surface area contributed by atoms with Crippen molar-refractivity contribution in [3.8, 4) is 11.5 Å². The van der Waals surface area contributed by atoms with Crippen LogP contribution in [0.5, 0.6) is 11.5 Å². The van der Waals surface area contributed by atoms with Gasteiger partial charge in [0.1, 0.15) is 15.7 Å². The van der Waals surface area contributed by atoms with Crippen molar-refractivity contribution in [2.75, 3.05) is 26.8 Å². The molecule has 0 radical (unpaired) electrons. The number of rotatable bonds is 6. The van der Waals surface area contributed by atoms with Crippen molar-refractivity contribution in [2.24, 2.45) is 0 Å². The van der Waals surface area contributed by atoms with E-state index in [9.17, 15) is 8.42 Å². The lowest BCUT2D eigenvalue weighted by Crippen LogP contribution is -2.28.